The largest absolute Gasteiger partial charge is 0.309 e. The van der Waals surface area contributed by atoms with Gasteiger partial charge >= 0.3 is 0 Å². The molecule has 2 spiro atoms. The number of benzene rings is 12. The summed E-state index contributed by atoms with van der Waals surface area (Å²) in [5, 5.41) is 4.97. The fourth-order valence-corrected chi connectivity index (χ4v) is 14.7. The molecular formula is C72H44N2. The molecule has 17 rings (SSSR count). The van der Waals surface area contributed by atoms with Gasteiger partial charge in [-0.25, -0.2) is 0 Å². The smallest absolute Gasteiger partial charge is 0.0754 e. The summed E-state index contributed by atoms with van der Waals surface area (Å²) in [5.41, 5.74) is 26.8. The number of para-hydroxylation sites is 4. The molecule has 2 heteroatoms. The Morgan fingerprint density at radius 1 is 0.284 bits per heavy atom. The van der Waals surface area contributed by atoms with E-state index < -0.39 is 10.8 Å². The third-order valence-corrected chi connectivity index (χ3v) is 17.4. The summed E-state index contributed by atoms with van der Waals surface area (Å²) in [6.07, 6.45) is 0. The van der Waals surface area contributed by atoms with Crippen LogP contribution in [0.5, 0.6) is 0 Å². The number of nitrogens with zero attached hydrogens (tertiary/aromatic N) is 2. The van der Waals surface area contributed by atoms with Gasteiger partial charge in [0.2, 0.25) is 0 Å². The second kappa shape index (κ2) is 14.6. The molecule has 3 aliphatic carbocycles. The Morgan fingerprint density at radius 2 is 0.757 bits per heavy atom. The average molecular weight is 937 g/mol. The summed E-state index contributed by atoms with van der Waals surface area (Å²) in [4.78, 5) is 2.59. The van der Waals surface area contributed by atoms with E-state index in [0.29, 0.717) is 0 Å². The summed E-state index contributed by atoms with van der Waals surface area (Å²) in [7, 11) is 0. The van der Waals surface area contributed by atoms with Crippen molar-refractivity contribution in [3.63, 3.8) is 0 Å². The zero-order valence-corrected chi connectivity index (χ0v) is 40.3. The zero-order chi connectivity index (χ0) is 48.3. The van der Waals surface area contributed by atoms with Gasteiger partial charge in [-0.05, 0) is 120 Å². The lowest BCUT2D eigenvalue weighted by molar-refractivity contribution is 0.749. The Hall–Kier alpha value is -9.50. The molecule has 1 atom stereocenters. The molecule has 0 radical (unpaired) electrons. The highest BCUT2D eigenvalue weighted by Crippen LogP contribution is 2.66. The van der Waals surface area contributed by atoms with Crippen LogP contribution in [0.2, 0.25) is 0 Å². The van der Waals surface area contributed by atoms with Crippen LogP contribution < -0.4 is 4.90 Å². The zero-order valence-electron chi connectivity index (χ0n) is 40.3. The van der Waals surface area contributed by atoms with Gasteiger partial charge in [-0.2, -0.15) is 0 Å². The van der Waals surface area contributed by atoms with Crippen LogP contribution in [-0.4, -0.2) is 4.57 Å². The van der Waals surface area contributed by atoms with Gasteiger partial charge < -0.3 is 9.47 Å². The number of hydrogen-bond acceptors (Lipinski definition) is 1. The number of hydrogen-bond donors (Lipinski definition) is 0. The van der Waals surface area contributed by atoms with E-state index in [9.17, 15) is 0 Å². The Balaban J connectivity index is 0.950. The topological polar surface area (TPSA) is 8.17 Å². The fraction of sp³-hybridized carbons (Fsp3) is 0.0278. The maximum atomic E-state index is 2.59. The first-order valence-corrected chi connectivity index (χ1v) is 25.9. The molecule has 0 bridgehead atoms. The average Bonchev–Trinajstić information content (AvgIpc) is 4.33. The van der Waals surface area contributed by atoms with Crippen LogP contribution in [-0.2, 0) is 10.8 Å². The number of anilines is 3. The van der Waals surface area contributed by atoms with Gasteiger partial charge in [-0.3, -0.25) is 0 Å². The van der Waals surface area contributed by atoms with Crippen LogP contribution in [0, 0.1) is 0 Å². The van der Waals surface area contributed by atoms with Crippen LogP contribution in [0.4, 0.5) is 17.1 Å². The lowest BCUT2D eigenvalue weighted by Gasteiger charge is -2.39. The van der Waals surface area contributed by atoms with Crippen LogP contribution >= 0.6 is 0 Å². The van der Waals surface area contributed by atoms with E-state index in [1.807, 2.05) is 0 Å². The van der Waals surface area contributed by atoms with E-state index in [1.165, 1.54) is 127 Å². The molecule has 1 unspecified atom stereocenters. The van der Waals surface area contributed by atoms with E-state index in [2.05, 4.69) is 276 Å². The van der Waals surface area contributed by atoms with Gasteiger partial charge in [0, 0.05) is 27.3 Å². The van der Waals surface area contributed by atoms with Crippen molar-refractivity contribution in [1.29, 1.82) is 0 Å². The minimum atomic E-state index is -0.571. The molecule has 0 saturated carbocycles. The van der Waals surface area contributed by atoms with E-state index in [0.717, 1.165) is 17.1 Å². The van der Waals surface area contributed by atoms with Crippen molar-refractivity contribution in [3.8, 4) is 50.2 Å². The molecule has 1 aliphatic heterocycles. The molecule has 13 aromatic rings. The third kappa shape index (κ3) is 4.82. The number of rotatable bonds is 4. The summed E-state index contributed by atoms with van der Waals surface area (Å²) in [6.45, 7) is 0. The van der Waals surface area contributed by atoms with Gasteiger partial charge in [0.25, 0.3) is 0 Å². The van der Waals surface area contributed by atoms with Crippen molar-refractivity contribution in [2.45, 2.75) is 10.8 Å². The van der Waals surface area contributed by atoms with Crippen LogP contribution in [0.3, 0.4) is 0 Å². The van der Waals surface area contributed by atoms with Crippen LogP contribution in [0.15, 0.2) is 267 Å². The fourth-order valence-electron chi connectivity index (χ4n) is 14.7. The van der Waals surface area contributed by atoms with Gasteiger partial charge in [0.15, 0.2) is 0 Å². The predicted octanol–water partition coefficient (Wildman–Crippen LogP) is 18.1. The van der Waals surface area contributed by atoms with E-state index in [4.69, 9.17) is 0 Å². The molecule has 4 aliphatic rings. The molecule has 0 amide bonds. The van der Waals surface area contributed by atoms with E-state index >= 15 is 0 Å². The Morgan fingerprint density at radius 3 is 1.51 bits per heavy atom. The highest BCUT2D eigenvalue weighted by atomic mass is 15.2. The molecule has 0 N–H and O–H groups in total. The Bertz CT molecular complexity index is 4540. The normalized spacial score (nSPS) is 15.5. The van der Waals surface area contributed by atoms with Crippen molar-refractivity contribution in [2.75, 3.05) is 4.90 Å². The van der Waals surface area contributed by atoms with Gasteiger partial charge in [0.1, 0.15) is 0 Å². The van der Waals surface area contributed by atoms with Gasteiger partial charge in [-0.15, -0.1) is 0 Å². The first-order valence-electron chi connectivity index (χ1n) is 25.9. The Kier molecular flexibility index (Phi) is 7.90. The molecule has 0 fully saturated rings. The lowest BCUT2D eigenvalue weighted by atomic mass is 9.65. The van der Waals surface area contributed by atoms with Crippen LogP contribution in [0.1, 0.15) is 44.5 Å². The molecule has 74 heavy (non-hydrogen) atoms. The predicted molar refractivity (Wildman–Crippen MR) is 306 cm³/mol. The van der Waals surface area contributed by atoms with Gasteiger partial charge in [-0.1, -0.05) is 231 Å². The third-order valence-electron chi connectivity index (χ3n) is 17.4. The van der Waals surface area contributed by atoms with Crippen molar-refractivity contribution in [2.24, 2.45) is 0 Å². The maximum absolute atomic E-state index is 2.59. The van der Waals surface area contributed by atoms with Crippen molar-refractivity contribution >= 4 is 49.6 Å². The molecule has 1 aromatic heterocycles. The highest BCUT2D eigenvalue weighted by Gasteiger charge is 2.53. The molecule has 2 nitrogen and oxygen atoms in total. The molecule has 12 aromatic carbocycles. The first-order chi connectivity index (χ1) is 36.8. The van der Waals surface area contributed by atoms with Crippen molar-refractivity contribution < 1.29 is 0 Å². The Labute approximate surface area is 429 Å². The summed E-state index contributed by atoms with van der Waals surface area (Å²) in [6, 6.07) is 101. The van der Waals surface area contributed by atoms with E-state index in [-0.39, 0.29) is 0 Å². The minimum absolute atomic E-state index is 0.479. The lowest BCUT2D eigenvalue weighted by Crippen LogP contribution is -2.33. The number of fused-ring (bicyclic) bond motifs is 23. The molecular weight excluding hydrogens is 893 g/mol. The monoisotopic (exact) mass is 936 g/mol. The summed E-state index contributed by atoms with van der Waals surface area (Å²) in [5.74, 6) is 0. The second-order valence-corrected chi connectivity index (χ2v) is 20.6. The van der Waals surface area contributed by atoms with Crippen LogP contribution in [0.25, 0.3) is 82.8 Å². The van der Waals surface area contributed by atoms with Crippen molar-refractivity contribution in [3.05, 3.63) is 311 Å². The standard InChI is InChI=1S/C72H44N2/c1-2-22-47-45(20-1)21-17-40-65(47)73(68-41-19-35-61-69(68)55-28-6-12-33-59(55)71(61)56-30-9-3-24-49(56)50-25-4-10-31-57(50)71)64-37-14-7-23-48(64)46-42-43-52-51-26-5-11-32-58(51)72(63(52)44-46)60-34-13-16-39-67(60)74-66-38-15-8-27-53(66)54-29-18-36-62(72)70(54)74/h1-44H. The minimum Gasteiger partial charge on any atom is -0.309 e. The van der Waals surface area contributed by atoms with Gasteiger partial charge in [0.05, 0.1) is 44.6 Å². The maximum Gasteiger partial charge on any atom is 0.0754 e. The first kappa shape index (κ1) is 40.1. The summed E-state index contributed by atoms with van der Waals surface area (Å²) < 4.78 is 2.53. The highest BCUT2D eigenvalue weighted by molar-refractivity contribution is 6.13. The number of aromatic nitrogens is 1. The molecule has 342 valence electrons. The van der Waals surface area contributed by atoms with Crippen molar-refractivity contribution in [1.82, 2.24) is 4.57 Å². The quantitative estimate of drug-likeness (QED) is 0.171. The SMILES string of the molecule is c1ccc(N(c2cccc3c2-c2ccccc2C32c3ccccc3-c3ccccc32)c2cccc3ccccc23)c(-c2ccc3c(c2)C2(c4ccccc4-3)c3ccccc3-n3c4ccccc4c4cccc2c43)c1. The molecule has 0 saturated heterocycles. The molecule has 2 heterocycles. The summed E-state index contributed by atoms with van der Waals surface area (Å²) >= 11 is 0. The second-order valence-electron chi connectivity index (χ2n) is 20.6. The van der Waals surface area contributed by atoms with E-state index in [1.54, 1.807) is 0 Å².